The summed E-state index contributed by atoms with van der Waals surface area (Å²) in [7, 11) is 0. The molecule has 1 aliphatic rings. The Bertz CT molecular complexity index is 634. The minimum absolute atomic E-state index is 0.106. The van der Waals surface area contributed by atoms with Crippen LogP contribution in [0.15, 0.2) is 12.3 Å². The maximum absolute atomic E-state index is 11.1. The molecule has 6 nitrogen and oxygen atoms in total. The van der Waals surface area contributed by atoms with Gasteiger partial charge >= 0.3 is 5.97 Å². The van der Waals surface area contributed by atoms with E-state index in [1.54, 1.807) is 4.40 Å². The number of pyridine rings is 1. The van der Waals surface area contributed by atoms with E-state index in [4.69, 9.17) is 21.4 Å². The Balaban J connectivity index is 2.12. The molecule has 3 heterocycles. The summed E-state index contributed by atoms with van der Waals surface area (Å²) in [5.41, 5.74) is 0.560. The van der Waals surface area contributed by atoms with Gasteiger partial charge in [0.25, 0.3) is 0 Å². The fourth-order valence-electron chi connectivity index (χ4n) is 2.25. The van der Waals surface area contributed by atoms with Gasteiger partial charge < -0.3 is 9.84 Å². The molecule has 0 radical (unpaired) electrons. The summed E-state index contributed by atoms with van der Waals surface area (Å²) >= 11 is 6.03. The lowest BCUT2D eigenvalue weighted by atomic mass is 10.1. The molecule has 1 fully saturated rings. The number of ether oxygens (including phenoxy) is 1. The van der Waals surface area contributed by atoms with Crippen molar-refractivity contribution >= 4 is 23.2 Å². The third-order valence-electron chi connectivity index (χ3n) is 3.20. The van der Waals surface area contributed by atoms with E-state index in [1.165, 1.54) is 12.3 Å². The second-order valence-corrected chi connectivity index (χ2v) is 4.90. The number of hydrogen-bond acceptors (Lipinski definition) is 4. The molecule has 1 aliphatic heterocycles. The molecule has 0 spiro atoms. The van der Waals surface area contributed by atoms with Crippen LogP contribution in [0, 0.1) is 0 Å². The van der Waals surface area contributed by atoms with Crippen LogP contribution in [0.4, 0.5) is 0 Å². The van der Waals surface area contributed by atoms with Gasteiger partial charge in [0.05, 0.1) is 10.6 Å². The predicted octanol–water partition coefficient (Wildman–Crippen LogP) is 2.32. The molecule has 1 saturated heterocycles. The molecule has 0 bridgehead atoms. The van der Waals surface area contributed by atoms with Gasteiger partial charge in [0, 0.05) is 12.8 Å². The van der Waals surface area contributed by atoms with Crippen molar-refractivity contribution < 1.29 is 14.6 Å². The van der Waals surface area contributed by atoms with Crippen molar-refractivity contribution in [2.45, 2.75) is 25.4 Å². The third kappa shape index (κ3) is 2.17. The first-order chi connectivity index (χ1) is 9.16. The van der Waals surface area contributed by atoms with Gasteiger partial charge in [-0.05, 0) is 25.3 Å². The average molecular weight is 282 g/mol. The maximum atomic E-state index is 11.1. The molecule has 2 aromatic heterocycles. The highest BCUT2D eigenvalue weighted by molar-refractivity contribution is 6.33. The van der Waals surface area contributed by atoms with Gasteiger partial charge in [0.15, 0.2) is 11.5 Å². The zero-order valence-electron chi connectivity index (χ0n) is 10.0. The van der Waals surface area contributed by atoms with Gasteiger partial charge in [0.1, 0.15) is 6.10 Å². The lowest BCUT2D eigenvalue weighted by Crippen LogP contribution is -2.14. The van der Waals surface area contributed by atoms with Crippen LogP contribution < -0.4 is 0 Å². The predicted molar refractivity (Wildman–Crippen MR) is 67.5 cm³/mol. The minimum atomic E-state index is -1.03. The van der Waals surface area contributed by atoms with E-state index in [2.05, 4.69) is 10.2 Å². The maximum Gasteiger partial charge on any atom is 0.337 e. The van der Waals surface area contributed by atoms with E-state index >= 15 is 0 Å². The zero-order valence-corrected chi connectivity index (χ0v) is 10.8. The number of carboxylic acid groups (broad SMARTS) is 1. The third-order valence-corrected chi connectivity index (χ3v) is 3.48. The van der Waals surface area contributed by atoms with Crippen molar-refractivity contribution in [3.05, 3.63) is 28.7 Å². The van der Waals surface area contributed by atoms with Crippen LogP contribution in [0.2, 0.25) is 5.02 Å². The molecule has 0 amide bonds. The lowest BCUT2D eigenvalue weighted by Gasteiger charge is -2.20. The van der Waals surface area contributed by atoms with Gasteiger partial charge in [-0.3, -0.25) is 4.40 Å². The van der Waals surface area contributed by atoms with Gasteiger partial charge in [-0.2, -0.15) is 0 Å². The Labute approximate surface area is 114 Å². The quantitative estimate of drug-likeness (QED) is 0.914. The molecule has 2 aromatic rings. The summed E-state index contributed by atoms with van der Waals surface area (Å²) in [5, 5.41) is 17.4. The summed E-state index contributed by atoms with van der Waals surface area (Å²) in [5.74, 6) is -0.423. The van der Waals surface area contributed by atoms with Crippen molar-refractivity contribution in [2.75, 3.05) is 6.61 Å². The van der Waals surface area contributed by atoms with Crippen LogP contribution in [0.25, 0.3) is 5.65 Å². The topological polar surface area (TPSA) is 76.7 Å². The first-order valence-corrected chi connectivity index (χ1v) is 6.43. The van der Waals surface area contributed by atoms with Gasteiger partial charge in [-0.25, -0.2) is 4.79 Å². The number of nitrogens with zero attached hydrogens (tertiary/aromatic N) is 3. The molecule has 0 saturated carbocycles. The summed E-state index contributed by atoms with van der Waals surface area (Å²) in [6.45, 7) is 0.686. The van der Waals surface area contributed by atoms with E-state index in [1.807, 2.05) is 0 Å². The molecule has 100 valence electrons. The molecule has 3 rings (SSSR count). The van der Waals surface area contributed by atoms with E-state index in [0.717, 1.165) is 19.3 Å². The number of fused-ring (bicyclic) bond motifs is 1. The van der Waals surface area contributed by atoms with Crippen molar-refractivity contribution in [3.63, 3.8) is 0 Å². The number of aromatic nitrogens is 3. The molecule has 1 unspecified atom stereocenters. The summed E-state index contributed by atoms with van der Waals surface area (Å²) < 4.78 is 7.27. The Morgan fingerprint density at radius 3 is 3.00 bits per heavy atom. The summed E-state index contributed by atoms with van der Waals surface area (Å²) in [6, 6.07) is 1.37. The van der Waals surface area contributed by atoms with Crippen LogP contribution in [-0.4, -0.2) is 32.3 Å². The van der Waals surface area contributed by atoms with Gasteiger partial charge in [-0.15, -0.1) is 10.2 Å². The number of carboxylic acids is 1. The molecule has 19 heavy (non-hydrogen) atoms. The molecule has 1 N–H and O–H groups in total. The Kier molecular flexibility index (Phi) is 3.12. The van der Waals surface area contributed by atoms with Crippen molar-refractivity contribution in [2.24, 2.45) is 0 Å². The SMILES string of the molecule is O=C(O)c1cc(Cl)c2nnc(C3CCCCO3)n2c1. The van der Waals surface area contributed by atoms with Crippen LogP contribution in [-0.2, 0) is 4.74 Å². The normalized spacial score (nSPS) is 19.7. The standard InChI is InChI=1S/C12H12ClN3O3/c13-8-5-7(12(17)18)6-16-10(8)14-15-11(16)9-3-1-2-4-19-9/h5-6,9H,1-4H2,(H,17,18). The van der Waals surface area contributed by atoms with E-state index < -0.39 is 5.97 Å². The number of hydrogen-bond donors (Lipinski definition) is 1. The molecular weight excluding hydrogens is 270 g/mol. The minimum Gasteiger partial charge on any atom is -0.478 e. The highest BCUT2D eigenvalue weighted by Crippen LogP contribution is 2.28. The van der Waals surface area contributed by atoms with E-state index in [0.29, 0.717) is 18.1 Å². The van der Waals surface area contributed by atoms with Crippen LogP contribution in [0.1, 0.15) is 41.5 Å². The fourth-order valence-corrected chi connectivity index (χ4v) is 2.50. The number of halogens is 1. The largest absolute Gasteiger partial charge is 0.478 e. The van der Waals surface area contributed by atoms with Crippen molar-refractivity contribution in [1.82, 2.24) is 14.6 Å². The monoisotopic (exact) mass is 281 g/mol. The number of aromatic carboxylic acids is 1. The van der Waals surface area contributed by atoms with Crippen LogP contribution in [0.5, 0.6) is 0 Å². The van der Waals surface area contributed by atoms with Crippen molar-refractivity contribution in [1.29, 1.82) is 0 Å². The highest BCUT2D eigenvalue weighted by Gasteiger charge is 2.23. The first-order valence-electron chi connectivity index (χ1n) is 6.06. The second kappa shape index (κ2) is 4.79. The Morgan fingerprint density at radius 2 is 2.32 bits per heavy atom. The smallest absolute Gasteiger partial charge is 0.337 e. The lowest BCUT2D eigenvalue weighted by molar-refractivity contribution is 0.00883. The van der Waals surface area contributed by atoms with Crippen LogP contribution in [0.3, 0.4) is 0 Å². The van der Waals surface area contributed by atoms with Gasteiger partial charge in [0.2, 0.25) is 0 Å². The molecular formula is C12H12ClN3O3. The zero-order chi connectivity index (χ0) is 13.4. The number of carbonyl (C=O) groups is 1. The highest BCUT2D eigenvalue weighted by atomic mass is 35.5. The summed E-state index contributed by atoms with van der Waals surface area (Å²) in [4.78, 5) is 11.1. The second-order valence-electron chi connectivity index (χ2n) is 4.49. The average Bonchev–Trinajstić information content (AvgIpc) is 2.84. The number of rotatable bonds is 2. The fraction of sp³-hybridized carbons (Fsp3) is 0.417. The van der Waals surface area contributed by atoms with E-state index in [9.17, 15) is 4.79 Å². The Hall–Kier alpha value is -1.66. The van der Waals surface area contributed by atoms with Gasteiger partial charge in [-0.1, -0.05) is 11.6 Å². The van der Waals surface area contributed by atoms with Crippen molar-refractivity contribution in [3.8, 4) is 0 Å². The Morgan fingerprint density at radius 1 is 1.47 bits per heavy atom. The van der Waals surface area contributed by atoms with E-state index in [-0.39, 0.29) is 16.7 Å². The van der Waals surface area contributed by atoms with Crippen LogP contribution >= 0.6 is 11.6 Å². The molecule has 1 atom stereocenters. The molecule has 0 aliphatic carbocycles. The summed E-state index contributed by atoms with van der Waals surface area (Å²) in [6.07, 6.45) is 4.29. The molecule has 0 aromatic carbocycles. The first kappa shape index (κ1) is 12.4. The molecule has 7 heteroatoms.